The Balaban J connectivity index is 1.96. The topological polar surface area (TPSA) is 15.3 Å². The molecule has 0 aromatic carbocycles. The summed E-state index contributed by atoms with van der Waals surface area (Å²) in [4.78, 5) is 2.67. The molecular formula is C14H28N2. The standard InChI is InChI=1S/C14H28N2/c1-14(2,3)12-6-4-5-7-13-15-9-11-16(13)10-8-12/h12-13,15H,4-11H2,1-3H3. The van der Waals surface area contributed by atoms with Gasteiger partial charge in [-0.15, -0.1) is 0 Å². The van der Waals surface area contributed by atoms with Crippen LogP contribution < -0.4 is 5.32 Å². The van der Waals surface area contributed by atoms with E-state index in [1.54, 1.807) is 0 Å². The summed E-state index contributed by atoms with van der Waals surface area (Å²) in [6, 6.07) is 0. The monoisotopic (exact) mass is 224 g/mol. The van der Waals surface area contributed by atoms with Crippen molar-refractivity contribution in [2.45, 2.75) is 59.0 Å². The number of nitrogens with one attached hydrogen (secondary N) is 1. The summed E-state index contributed by atoms with van der Waals surface area (Å²) in [5.41, 5.74) is 0.493. The lowest BCUT2D eigenvalue weighted by molar-refractivity contribution is 0.172. The Morgan fingerprint density at radius 2 is 1.75 bits per heavy atom. The summed E-state index contributed by atoms with van der Waals surface area (Å²) in [7, 11) is 0. The van der Waals surface area contributed by atoms with Crippen LogP contribution in [-0.4, -0.2) is 30.7 Å². The summed E-state index contributed by atoms with van der Waals surface area (Å²) in [5, 5.41) is 3.63. The molecule has 0 amide bonds. The maximum Gasteiger partial charge on any atom is 0.0597 e. The molecule has 0 radical (unpaired) electrons. The number of nitrogens with zero attached hydrogens (tertiary/aromatic N) is 1. The number of rotatable bonds is 0. The Hall–Kier alpha value is -0.0800. The SMILES string of the molecule is CC(C)(C)C1CCCCC2NCCN2CC1. The molecule has 2 atom stereocenters. The van der Waals surface area contributed by atoms with Crippen LogP contribution in [0.4, 0.5) is 0 Å². The van der Waals surface area contributed by atoms with Crippen LogP contribution >= 0.6 is 0 Å². The van der Waals surface area contributed by atoms with Gasteiger partial charge in [0.2, 0.25) is 0 Å². The Bertz CT molecular complexity index is 219. The average molecular weight is 224 g/mol. The third kappa shape index (κ3) is 2.98. The highest BCUT2D eigenvalue weighted by atomic mass is 15.3. The minimum atomic E-state index is 0.493. The van der Waals surface area contributed by atoms with Crippen LogP contribution in [0.5, 0.6) is 0 Å². The van der Waals surface area contributed by atoms with E-state index in [9.17, 15) is 0 Å². The molecule has 2 saturated heterocycles. The molecule has 2 heteroatoms. The second kappa shape index (κ2) is 5.05. The first kappa shape index (κ1) is 12.4. The molecule has 16 heavy (non-hydrogen) atoms. The molecular weight excluding hydrogens is 196 g/mol. The third-order valence-electron chi connectivity index (χ3n) is 4.49. The molecule has 0 spiro atoms. The maximum atomic E-state index is 3.63. The zero-order valence-corrected chi connectivity index (χ0v) is 11.3. The van der Waals surface area contributed by atoms with E-state index in [0.29, 0.717) is 11.6 Å². The maximum absolute atomic E-state index is 3.63. The largest absolute Gasteiger partial charge is 0.300 e. The van der Waals surface area contributed by atoms with Crippen LogP contribution in [0.15, 0.2) is 0 Å². The van der Waals surface area contributed by atoms with Gasteiger partial charge in [-0.1, -0.05) is 33.6 Å². The highest BCUT2D eigenvalue weighted by Gasteiger charge is 2.29. The molecule has 2 nitrogen and oxygen atoms in total. The van der Waals surface area contributed by atoms with E-state index in [0.717, 1.165) is 5.92 Å². The first-order chi connectivity index (χ1) is 7.57. The van der Waals surface area contributed by atoms with Crippen molar-refractivity contribution in [1.29, 1.82) is 0 Å². The van der Waals surface area contributed by atoms with E-state index >= 15 is 0 Å². The minimum absolute atomic E-state index is 0.493. The molecule has 2 aliphatic heterocycles. The van der Waals surface area contributed by atoms with E-state index in [4.69, 9.17) is 0 Å². The van der Waals surface area contributed by atoms with Gasteiger partial charge in [0.15, 0.2) is 0 Å². The van der Waals surface area contributed by atoms with Gasteiger partial charge in [-0.05, 0) is 37.1 Å². The van der Waals surface area contributed by atoms with Crippen LogP contribution in [0.25, 0.3) is 0 Å². The van der Waals surface area contributed by atoms with Crippen molar-refractivity contribution in [2.75, 3.05) is 19.6 Å². The van der Waals surface area contributed by atoms with Crippen molar-refractivity contribution < 1.29 is 0 Å². The molecule has 2 aliphatic rings. The van der Waals surface area contributed by atoms with Gasteiger partial charge in [0.25, 0.3) is 0 Å². The molecule has 94 valence electrons. The van der Waals surface area contributed by atoms with Crippen LogP contribution in [0, 0.1) is 11.3 Å². The van der Waals surface area contributed by atoms with Gasteiger partial charge in [-0.2, -0.15) is 0 Å². The molecule has 0 bridgehead atoms. The van der Waals surface area contributed by atoms with Gasteiger partial charge in [0.1, 0.15) is 0 Å². The summed E-state index contributed by atoms with van der Waals surface area (Å²) in [6.07, 6.45) is 7.70. The lowest BCUT2D eigenvalue weighted by Gasteiger charge is -2.32. The van der Waals surface area contributed by atoms with Crippen molar-refractivity contribution in [2.24, 2.45) is 11.3 Å². The molecule has 2 unspecified atom stereocenters. The Labute approximate surface area is 101 Å². The van der Waals surface area contributed by atoms with Gasteiger partial charge in [0, 0.05) is 13.1 Å². The van der Waals surface area contributed by atoms with Crippen molar-refractivity contribution >= 4 is 0 Å². The Morgan fingerprint density at radius 3 is 2.50 bits per heavy atom. The number of hydrogen-bond donors (Lipinski definition) is 1. The van der Waals surface area contributed by atoms with Crippen LogP contribution in [0.3, 0.4) is 0 Å². The Kier molecular flexibility index (Phi) is 3.91. The van der Waals surface area contributed by atoms with Gasteiger partial charge < -0.3 is 5.32 Å². The fourth-order valence-electron chi connectivity index (χ4n) is 3.27. The fourth-order valence-corrected chi connectivity index (χ4v) is 3.27. The van der Waals surface area contributed by atoms with Crippen LogP contribution in [0.2, 0.25) is 0 Å². The zero-order valence-electron chi connectivity index (χ0n) is 11.3. The summed E-state index contributed by atoms with van der Waals surface area (Å²) in [6.45, 7) is 11.0. The smallest absolute Gasteiger partial charge is 0.0597 e. The van der Waals surface area contributed by atoms with Gasteiger partial charge in [0.05, 0.1) is 6.17 Å². The first-order valence-electron chi connectivity index (χ1n) is 7.05. The van der Waals surface area contributed by atoms with Crippen molar-refractivity contribution in [3.05, 3.63) is 0 Å². The normalized spacial score (nSPS) is 33.9. The number of fused-ring (bicyclic) bond motifs is 1. The molecule has 0 aromatic rings. The average Bonchev–Trinajstić information content (AvgIpc) is 2.62. The Morgan fingerprint density at radius 1 is 1.00 bits per heavy atom. The lowest BCUT2D eigenvalue weighted by atomic mass is 9.76. The second-order valence-electron chi connectivity index (χ2n) is 6.64. The van der Waals surface area contributed by atoms with Gasteiger partial charge in [-0.3, -0.25) is 4.90 Å². The fraction of sp³-hybridized carbons (Fsp3) is 1.00. The summed E-state index contributed by atoms with van der Waals surface area (Å²) >= 11 is 0. The molecule has 1 N–H and O–H groups in total. The molecule has 2 rings (SSSR count). The van der Waals surface area contributed by atoms with Gasteiger partial charge in [-0.25, -0.2) is 0 Å². The molecule has 0 aromatic heterocycles. The zero-order chi connectivity index (χ0) is 11.6. The number of hydrogen-bond acceptors (Lipinski definition) is 2. The van der Waals surface area contributed by atoms with E-state index in [-0.39, 0.29) is 0 Å². The highest BCUT2D eigenvalue weighted by molar-refractivity contribution is 4.83. The molecule has 2 fully saturated rings. The third-order valence-corrected chi connectivity index (χ3v) is 4.49. The predicted molar refractivity (Wildman–Crippen MR) is 69.4 cm³/mol. The van der Waals surface area contributed by atoms with E-state index in [2.05, 4.69) is 31.0 Å². The predicted octanol–water partition coefficient (Wildman–Crippen LogP) is 2.84. The van der Waals surface area contributed by atoms with Crippen molar-refractivity contribution in [3.63, 3.8) is 0 Å². The summed E-state index contributed by atoms with van der Waals surface area (Å²) in [5.74, 6) is 0.909. The van der Waals surface area contributed by atoms with Crippen LogP contribution in [0.1, 0.15) is 52.9 Å². The van der Waals surface area contributed by atoms with E-state index in [1.165, 1.54) is 51.7 Å². The van der Waals surface area contributed by atoms with Crippen molar-refractivity contribution in [1.82, 2.24) is 10.2 Å². The van der Waals surface area contributed by atoms with E-state index < -0.39 is 0 Å². The quantitative estimate of drug-likeness (QED) is 0.680. The molecule has 2 heterocycles. The first-order valence-corrected chi connectivity index (χ1v) is 7.05. The molecule has 0 saturated carbocycles. The lowest BCUT2D eigenvalue weighted by Crippen LogP contribution is -2.36. The highest BCUT2D eigenvalue weighted by Crippen LogP contribution is 2.34. The minimum Gasteiger partial charge on any atom is -0.300 e. The summed E-state index contributed by atoms with van der Waals surface area (Å²) < 4.78 is 0. The van der Waals surface area contributed by atoms with Crippen molar-refractivity contribution in [3.8, 4) is 0 Å². The second-order valence-corrected chi connectivity index (χ2v) is 6.64. The van der Waals surface area contributed by atoms with E-state index in [1.807, 2.05) is 0 Å². The van der Waals surface area contributed by atoms with Crippen LogP contribution in [-0.2, 0) is 0 Å². The molecule has 0 aliphatic carbocycles. The van der Waals surface area contributed by atoms with Gasteiger partial charge >= 0.3 is 0 Å².